The average Bonchev–Trinajstić information content (AvgIpc) is 3.29. The Morgan fingerprint density at radius 1 is 1.21 bits per heavy atom. The maximum atomic E-state index is 12.4. The molecule has 1 amide bonds. The molecule has 0 saturated carbocycles. The molecule has 0 aliphatic carbocycles. The number of alkyl halides is 3. The molecule has 0 unspecified atom stereocenters. The summed E-state index contributed by atoms with van der Waals surface area (Å²) in [6.07, 6.45) is -1.53. The summed E-state index contributed by atoms with van der Waals surface area (Å²) in [6.45, 7) is 3.67. The molecule has 208 valence electrons. The van der Waals surface area contributed by atoms with Crippen molar-refractivity contribution in [2.24, 2.45) is 10.7 Å². The second kappa shape index (κ2) is 13.7. The lowest BCUT2D eigenvalue weighted by Gasteiger charge is -2.16. The Morgan fingerprint density at radius 2 is 2.00 bits per heavy atom. The lowest BCUT2D eigenvalue weighted by molar-refractivity contribution is -0.123. The van der Waals surface area contributed by atoms with Gasteiger partial charge in [-0.15, -0.1) is 0 Å². The van der Waals surface area contributed by atoms with E-state index in [1.54, 1.807) is 30.3 Å². The van der Waals surface area contributed by atoms with Crippen LogP contribution in [-0.4, -0.2) is 54.5 Å². The number of carbonyl (C=O) groups is 1. The molecule has 13 heteroatoms. The molecule has 0 aliphatic heterocycles. The number of aliphatic hydroxyl groups is 1. The van der Waals surface area contributed by atoms with Gasteiger partial charge < -0.3 is 35.5 Å². The predicted octanol–water partition coefficient (Wildman–Crippen LogP) is 4.94. The normalized spacial score (nSPS) is 11.5. The molecule has 0 spiro atoms. The molecular formula is C26H27ClF3N5O4. The van der Waals surface area contributed by atoms with E-state index in [0.717, 1.165) is 0 Å². The number of ether oxygens (including phenoxy) is 2. The van der Waals surface area contributed by atoms with Gasteiger partial charge >= 0.3 is 6.18 Å². The quantitative estimate of drug-likeness (QED) is 0.132. The van der Waals surface area contributed by atoms with Crippen molar-refractivity contribution in [2.75, 3.05) is 31.7 Å². The topological polar surface area (TPSA) is 123 Å². The molecule has 1 heterocycles. The summed E-state index contributed by atoms with van der Waals surface area (Å²) in [5, 5.41) is 14.1. The first-order chi connectivity index (χ1) is 18.6. The number of carbonyl (C=O) groups excluding carboxylic acids is 1. The first-order valence-electron chi connectivity index (χ1n) is 11.6. The third-order valence-corrected chi connectivity index (χ3v) is 5.45. The SMILES string of the molecule is C=C(Nc1ccc(Oc2cccc(C(=O)NCC(F)(F)F)c2)c(Cl)c1)c1c(/N=C\N)ccn1CCOCCO. The maximum absolute atomic E-state index is 12.4. The van der Waals surface area contributed by atoms with Crippen LogP contribution in [0.2, 0.25) is 5.02 Å². The van der Waals surface area contributed by atoms with Crippen LogP contribution < -0.4 is 21.1 Å². The zero-order valence-electron chi connectivity index (χ0n) is 20.7. The number of halogens is 4. The number of benzene rings is 2. The number of nitrogens with zero attached hydrogens (tertiary/aromatic N) is 2. The van der Waals surface area contributed by atoms with Crippen molar-refractivity contribution in [3.05, 3.63) is 77.6 Å². The molecule has 0 saturated heterocycles. The van der Waals surface area contributed by atoms with E-state index in [2.05, 4.69) is 16.9 Å². The second-order valence-corrected chi connectivity index (χ2v) is 8.44. The molecule has 0 aliphatic rings. The van der Waals surface area contributed by atoms with E-state index in [-0.39, 0.29) is 35.3 Å². The van der Waals surface area contributed by atoms with Crippen LogP contribution in [-0.2, 0) is 11.3 Å². The van der Waals surface area contributed by atoms with Crippen LogP contribution in [0.5, 0.6) is 11.5 Å². The van der Waals surface area contributed by atoms with Gasteiger partial charge in [0.2, 0.25) is 0 Å². The molecular weight excluding hydrogens is 539 g/mol. The van der Waals surface area contributed by atoms with Crippen LogP contribution >= 0.6 is 11.6 Å². The van der Waals surface area contributed by atoms with Gasteiger partial charge in [-0.3, -0.25) is 4.79 Å². The summed E-state index contributed by atoms with van der Waals surface area (Å²) in [5.74, 6) is -0.407. The third-order valence-electron chi connectivity index (χ3n) is 5.15. The smallest absolute Gasteiger partial charge is 0.405 e. The van der Waals surface area contributed by atoms with E-state index in [9.17, 15) is 18.0 Å². The largest absolute Gasteiger partial charge is 0.456 e. The Morgan fingerprint density at radius 3 is 2.69 bits per heavy atom. The Kier molecular flexibility index (Phi) is 10.4. The van der Waals surface area contributed by atoms with Crippen LogP contribution in [0.25, 0.3) is 5.70 Å². The third kappa shape index (κ3) is 8.77. The number of nitrogens with two attached hydrogens (primary N) is 1. The number of amides is 1. The van der Waals surface area contributed by atoms with E-state index < -0.39 is 18.6 Å². The number of hydrogen-bond donors (Lipinski definition) is 4. The Bertz CT molecular complexity index is 1330. The number of rotatable bonds is 13. The van der Waals surface area contributed by atoms with Gasteiger partial charge in [0.05, 0.1) is 48.3 Å². The molecule has 39 heavy (non-hydrogen) atoms. The van der Waals surface area contributed by atoms with Gasteiger partial charge in [-0.2, -0.15) is 13.2 Å². The summed E-state index contributed by atoms with van der Waals surface area (Å²) in [7, 11) is 0. The lowest BCUT2D eigenvalue weighted by atomic mass is 10.2. The number of nitrogens with one attached hydrogen (secondary N) is 2. The van der Waals surface area contributed by atoms with Gasteiger partial charge in [-0.05, 0) is 42.5 Å². The minimum atomic E-state index is -4.52. The van der Waals surface area contributed by atoms with Crippen LogP contribution in [0.15, 0.2) is 66.3 Å². The predicted molar refractivity (Wildman–Crippen MR) is 144 cm³/mol. The fraction of sp³-hybridized carbons (Fsp3) is 0.231. The summed E-state index contributed by atoms with van der Waals surface area (Å²) in [5.41, 5.74) is 7.84. The second-order valence-electron chi connectivity index (χ2n) is 8.03. The molecule has 9 nitrogen and oxygen atoms in total. The average molecular weight is 566 g/mol. The van der Waals surface area contributed by atoms with Crippen molar-refractivity contribution >= 4 is 40.9 Å². The Hall–Kier alpha value is -4.00. The van der Waals surface area contributed by atoms with Crippen LogP contribution in [0.4, 0.5) is 24.5 Å². The number of anilines is 1. The van der Waals surface area contributed by atoms with Crippen LogP contribution in [0.3, 0.4) is 0 Å². The van der Waals surface area contributed by atoms with Crippen molar-refractivity contribution < 1.29 is 32.5 Å². The fourth-order valence-electron chi connectivity index (χ4n) is 3.49. The van der Waals surface area contributed by atoms with E-state index in [0.29, 0.717) is 35.9 Å². The molecule has 3 aromatic rings. The minimum absolute atomic E-state index is 0.00293. The minimum Gasteiger partial charge on any atom is -0.456 e. The molecule has 1 aromatic heterocycles. The van der Waals surface area contributed by atoms with Crippen molar-refractivity contribution in [3.8, 4) is 11.5 Å². The molecule has 5 N–H and O–H groups in total. The van der Waals surface area contributed by atoms with E-state index in [4.69, 9.17) is 31.9 Å². The number of aliphatic hydroxyl groups excluding tert-OH is 1. The van der Waals surface area contributed by atoms with Gasteiger partial charge in [0.25, 0.3) is 5.91 Å². The summed E-state index contributed by atoms with van der Waals surface area (Å²) < 4.78 is 50.2. The monoisotopic (exact) mass is 565 g/mol. The van der Waals surface area contributed by atoms with Crippen molar-refractivity contribution in [3.63, 3.8) is 0 Å². The molecule has 0 atom stereocenters. The van der Waals surface area contributed by atoms with Crippen LogP contribution in [0, 0.1) is 0 Å². The van der Waals surface area contributed by atoms with Gasteiger partial charge in [-0.25, -0.2) is 4.99 Å². The lowest BCUT2D eigenvalue weighted by Crippen LogP contribution is -2.33. The fourth-order valence-corrected chi connectivity index (χ4v) is 3.71. The van der Waals surface area contributed by atoms with Crippen molar-refractivity contribution in [2.45, 2.75) is 12.7 Å². The van der Waals surface area contributed by atoms with Gasteiger partial charge in [0, 0.05) is 24.0 Å². The number of aliphatic imine (C=N–C) groups is 1. The van der Waals surface area contributed by atoms with Gasteiger partial charge in [0.1, 0.15) is 18.0 Å². The van der Waals surface area contributed by atoms with E-state index in [1.807, 2.05) is 16.1 Å². The zero-order valence-corrected chi connectivity index (χ0v) is 21.4. The highest BCUT2D eigenvalue weighted by Crippen LogP contribution is 2.34. The molecule has 3 rings (SSSR count). The highest BCUT2D eigenvalue weighted by atomic mass is 35.5. The summed E-state index contributed by atoms with van der Waals surface area (Å²) in [6, 6.07) is 12.4. The van der Waals surface area contributed by atoms with Crippen molar-refractivity contribution in [1.29, 1.82) is 0 Å². The Labute approximate surface area is 227 Å². The number of hydrogen-bond acceptors (Lipinski definition) is 6. The highest BCUT2D eigenvalue weighted by Gasteiger charge is 2.28. The van der Waals surface area contributed by atoms with Crippen molar-refractivity contribution in [1.82, 2.24) is 9.88 Å². The molecule has 0 fully saturated rings. The van der Waals surface area contributed by atoms with Crippen LogP contribution in [0.1, 0.15) is 16.1 Å². The summed E-state index contributed by atoms with van der Waals surface area (Å²) >= 11 is 6.42. The van der Waals surface area contributed by atoms with Gasteiger partial charge in [0.15, 0.2) is 0 Å². The maximum Gasteiger partial charge on any atom is 0.405 e. The van der Waals surface area contributed by atoms with Gasteiger partial charge in [-0.1, -0.05) is 24.2 Å². The number of aromatic nitrogens is 1. The van der Waals surface area contributed by atoms with E-state index >= 15 is 0 Å². The standard InChI is InChI=1S/C26H27ClF3N5O4/c1-17(24-22(33-16-31)7-8-35(24)9-11-38-12-10-36)34-19-5-6-23(21(27)14-19)39-20-4-2-3-18(13-20)25(37)32-15-26(28,29)30/h2-8,13-14,16,34,36H,1,9-12,15H2,(H2,31,33)(H,32,37). The molecule has 2 aromatic carbocycles. The zero-order chi connectivity index (χ0) is 28.4. The first-order valence-corrected chi connectivity index (χ1v) is 12.0. The summed E-state index contributed by atoms with van der Waals surface area (Å²) in [4.78, 5) is 16.2. The first kappa shape index (κ1) is 29.6. The Balaban J connectivity index is 1.71. The molecule has 0 bridgehead atoms. The molecule has 0 radical (unpaired) electrons. The highest BCUT2D eigenvalue weighted by molar-refractivity contribution is 6.32. The van der Waals surface area contributed by atoms with E-state index in [1.165, 1.54) is 24.5 Å².